The first-order valence-electron chi connectivity index (χ1n) is 8.63. The van der Waals surface area contributed by atoms with Crippen LogP contribution in [-0.4, -0.2) is 54.1 Å². The molecule has 4 heterocycles. The standard InChI is InChI=1S/C18H21N3O4S/c22-26(23,17-5-3-7-19-11-17)21-13-18(14-21)10-16(6-9-25-18)24-12-15-4-1-2-8-20-15/h1-5,7-8,11,16H,6,9-10,12-14H2/t16-/m1/s1. The SMILES string of the molecule is O=S(=O)(c1cccnc1)N1CC2(C[C@H](OCc3ccccn3)CCO2)C1. The van der Waals surface area contributed by atoms with Crippen LogP contribution in [0.15, 0.2) is 53.8 Å². The van der Waals surface area contributed by atoms with Gasteiger partial charge in [0.05, 0.1) is 24.0 Å². The lowest BCUT2D eigenvalue weighted by Crippen LogP contribution is -2.67. The van der Waals surface area contributed by atoms with Gasteiger partial charge in [-0.3, -0.25) is 9.97 Å². The Morgan fingerprint density at radius 2 is 2.12 bits per heavy atom. The van der Waals surface area contributed by atoms with E-state index in [0.29, 0.717) is 32.7 Å². The summed E-state index contributed by atoms with van der Waals surface area (Å²) in [5.74, 6) is 0. The maximum atomic E-state index is 12.6. The quantitative estimate of drug-likeness (QED) is 0.790. The van der Waals surface area contributed by atoms with Gasteiger partial charge in [0.1, 0.15) is 4.90 Å². The number of hydrogen-bond acceptors (Lipinski definition) is 6. The minimum atomic E-state index is -3.51. The van der Waals surface area contributed by atoms with Crippen LogP contribution in [0.4, 0.5) is 0 Å². The first kappa shape index (κ1) is 17.5. The van der Waals surface area contributed by atoms with Gasteiger partial charge in [0.2, 0.25) is 10.0 Å². The molecule has 0 saturated carbocycles. The lowest BCUT2D eigenvalue weighted by Gasteiger charge is -2.52. The number of nitrogens with zero attached hydrogens (tertiary/aromatic N) is 3. The van der Waals surface area contributed by atoms with Gasteiger partial charge >= 0.3 is 0 Å². The van der Waals surface area contributed by atoms with Crippen molar-refractivity contribution in [3.05, 3.63) is 54.6 Å². The topological polar surface area (TPSA) is 81.6 Å². The van der Waals surface area contributed by atoms with Gasteiger partial charge in [0.15, 0.2) is 0 Å². The van der Waals surface area contributed by atoms with Crippen molar-refractivity contribution in [2.45, 2.75) is 36.0 Å². The Hall–Kier alpha value is -1.87. The van der Waals surface area contributed by atoms with E-state index in [2.05, 4.69) is 9.97 Å². The highest BCUT2D eigenvalue weighted by Gasteiger charge is 2.52. The van der Waals surface area contributed by atoms with Crippen molar-refractivity contribution in [2.24, 2.45) is 0 Å². The molecule has 1 spiro atoms. The number of rotatable bonds is 5. The average Bonchev–Trinajstić information content (AvgIpc) is 2.66. The van der Waals surface area contributed by atoms with Gasteiger partial charge in [0, 0.05) is 44.7 Å². The minimum absolute atomic E-state index is 0.0500. The summed E-state index contributed by atoms with van der Waals surface area (Å²) in [5.41, 5.74) is 0.449. The van der Waals surface area contributed by atoms with Crippen molar-refractivity contribution >= 4 is 10.0 Å². The second-order valence-electron chi connectivity index (χ2n) is 6.74. The summed E-state index contributed by atoms with van der Waals surface area (Å²) in [4.78, 5) is 8.38. The average molecular weight is 375 g/mol. The van der Waals surface area contributed by atoms with Crippen LogP contribution < -0.4 is 0 Å². The maximum Gasteiger partial charge on any atom is 0.244 e. The van der Waals surface area contributed by atoms with Crippen molar-refractivity contribution < 1.29 is 17.9 Å². The van der Waals surface area contributed by atoms with Crippen molar-refractivity contribution in [1.29, 1.82) is 0 Å². The van der Waals surface area contributed by atoms with Crippen LogP contribution in [0.1, 0.15) is 18.5 Å². The van der Waals surface area contributed by atoms with E-state index in [4.69, 9.17) is 9.47 Å². The fraction of sp³-hybridized carbons (Fsp3) is 0.444. The Morgan fingerprint density at radius 3 is 2.85 bits per heavy atom. The van der Waals surface area contributed by atoms with Gasteiger partial charge in [-0.2, -0.15) is 4.31 Å². The molecule has 1 atom stereocenters. The highest BCUT2D eigenvalue weighted by atomic mass is 32.2. The van der Waals surface area contributed by atoms with E-state index in [1.165, 1.54) is 10.5 Å². The van der Waals surface area contributed by atoms with E-state index < -0.39 is 15.6 Å². The zero-order chi connectivity index (χ0) is 18.0. The van der Waals surface area contributed by atoms with E-state index in [0.717, 1.165) is 12.1 Å². The fourth-order valence-electron chi connectivity index (χ4n) is 3.45. The van der Waals surface area contributed by atoms with Gasteiger partial charge in [-0.25, -0.2) is 8.42 Å². The molecule has 26 heavy (non-hydrogen) atoms. The van der Waals surface area contributed by atoms with Gasteiger partial charge in [-0.15, -0.1) is 0 Å². The Balaban J connectivity index is 1.36. The molecule has 2 aliphatic rings. The van der Waals surface area contributed by atoms with Crippen molar-refractivity contribution in [3.8, 4) is 0 Å². The molecule has 4 rings (SSSR count). The molecule has 0 aliphatic carbocycles. The molecule has 8 heteroatoms. The summed E-state index contributed by atoms with van der Waals surface area (Å²) in [5, 5.41) is 0. The predicted molar refractivity (Wildman–Crippen MR) is 93.7 cm³/mol. The van der Waals surface area contributed by atoms with Gasteiger partial charge in [-0.1, -0.05) is 6.07 Å². The third-order valence-corrected chi connectivity index (χ3v) is 6.62. The van der Waals surface area contributed by atoms with Gasteiger partial charge in [-0.05, 0) is 30.7 Å². The van der Waals surface area contributed by atoms with Crippen molar-refractivity contribution in [1.82, 2.24) is 14.3 Å². The zero-order valence-corrected chi connectivity index (χ0v) is 15.1. The number of pyridine rings is 2. The third-order valence-electron chi connectivity index (χ3n) is 4.84. The molecule has 0 N–H and O–H groups in total. The van der Waals surface area contributed by atoms with Crippen LogP contribution in [0.25, 0.3) is 0 Å². The molecule has 2 aromatic rings. The molecule has 2 aliphatic heterocycles. The molecule has 0 amide bonds. The van der Waals surface area contributed by atoms with Crippen LogP contribution in [-0.2, 0) is 26.1 Å². The lowest BCUT2D eigenvalue weighted by molar-refractivity contribution is -0.180. The fourth-order valence-corrected chi connectivity index (χ4v) is 5.00. The molecule has 2 saturated heterocycles. The van der Waals surface area contributed by atoms with E-state index >= 15 is 0 Å². The molecular weight excluding hydrogens is 354 g/mol. The summed E-state index contributed by atoms with van der Waals surface area (Å²) in [6.45, 7) is 1.74. The second-order valence-corrected chi connectivity index (χ2v) is 8.68. The second kappa shape index (κ2) is 7.03. The van der Waals surface area contributed by atoms with Crippen LogP contribution >= 0.6 is 0 Å². The Morgan fingerprint density at radius 1 is 1.23 bits per heavy atom. The molecule has 0 aromatic carbocycles. The molecule has 138 valence electrons. The largest absolute Gasteiger partial charge is 0.372 e. The molecule has 2 fully saturated rings. The summed E-state index contributed by atoms with van der Waals surface area (Å²) in [6, 6.07) is 8.93. The third kappa shape index (κ3) is 3.50. The van der Waals surface area contributed by atoms with E-state index in [9.17, 15) is 8.42 Å². The number of hydrogen-bond donors (Lipinski definition) is 0. The summed E-state index contributed by atoms with van der Waals surface area (Å²) in [6.07, 6.45) is 6.24. The normalized spacial score (nSPS) is 22.8. The lowest BCUT2D eigenvalue weighted by atomic mass is 9.86. The van der Waals surface area contributed by atoms with E-state index in [-0.39, 0.29) is 11.0 Å². The molecule has 0 bridgehead atoms. The van der Waals surface area contributed by atoms with E-state index in [1.807, 2.05) is 18.2 Å². The number of sulfonamides is 1. The Labute approximate surface area is 153 Å². The molecule has 0 radical (unpaired) electrons. The number of ether oxygens (including phenoxy) is 2. The summed E-state index contributed by atoms with van der Waals surface area (Å²) < 4.78 is 38.6. The van der Waals surface area contributed by atoms with Crippen molar-refractivity contribution in [2.75, 3.05) is 19.7 Å². The minimum Gasteiger partial charge on any atom is -0.372 e. The Bertz CT molecular complexity index is 839. The summed E-state index contributed by atoms with van der Waals surface area (Å²) >= 11 is 0. The highest BCUT2D eigenvalue weighted by Crippen LogP contribution is 2.38. The number of aromatic nitrogens is 2. The highest BCUT2D eigenvalue weighted by molar-refractivity contribution is 7.89. The van der Waals surface area contributed by atoms with Crippen LogP contribution in [0, 0.1) is 0 Å². The smallest absolute Gasteiger partial charge is 0.244 e. The molecule has 2 aromatic heterocycles. The van der Waals surface area contributed by atoms with Crippen LogP contribution in [0.3, 0.4) is 0 Å². The zero-order valence-electron chi connectivity index (χ0n) is 14.3. The molecular formula is C18H21N3O4S. The predicted octanol–water partition coefficient (Wildman–Crippen LogP) is 1.62. The molecule has 7 nitrogen and oxygen atoms in total. The van der Waals surface area contributed by atoms with Crippen LogP contribution in [0.2, 0.25) is 0 Å². The summed E-state index contributed by atoms with van der Waals surface area (Å²) in [7, 11) is -3.51. The maximum absolute atomic E-state index is 12.6. The van der Waals surface area contributed by atoms with Crippen molar-refractivity contribution in [3.63, 3.8) is 0 Å². The monoisotopic (exact) mass is 375 g/mol. The van der Waals surface area contributed by atoms with Gasteiger partial charge in [0.25, 0.3) is 0 Å². The van der Waals surface area contributed by atoms with Crippen LogP contribution in [0.5, 0.6) is 0 Å². The molecule has 0 unspecified atom stereocenters. The first-order chi connectivity index (χ1) is 12.6. The Kier molecular flexibility index (Phi) is 4.74. The van der Waals surface area contributed by atoms with Gasteiger partial charge < -0.3 is 9.47 Å². The first-order valence-corrected chi connectivity index (χ1v) is 10.1. The van der Waals surface area contributed by atoms with E-state index in [1.54, 1.807) is 24.5 Å².